The van der Waals surface area contributed by atoms with E-state index >= 15 is 0 Å². The largest absolute Gasteiger partial charge is 0.351 e. The molecule has 19 heavy (non-hydrogen) atoms. The van der Waals surface area contributed by atoms with Crippen LogP contribution >= 0.6 is 0 Å². The van der Waals surface area contributed by atoms with Crippen LogP contribution in [0, 0.1) is 5.41 Å². The Hall–Kier alpha value is -1.29. The first-order valence-corrected chi connectivity index (χ1v) is 6.94. The molecule has 0 saturated heterocycles. The number of fused-ring (bicyclic) bond motifs is 1. The predicted octanol–water partition coefficient (Wildman–Crippen LogP) is 1.94. The summed E-state index contributed by atoms with van der Waals surface area (Å²) in [4.78, 5) is 13.3. The highest BCUT2D eigenvalue weighted by Gasteiger charge is 2.32. The summed E-state index contributed by atoms with van der Waals surface area (Å²) < 4.78 is 2.21. The van der Waals surface area contributed by atoms with E-state index in [0.717, 1.165) is 19.4 Å². The van der Waals surface area contributed by atoms with Gasteiger partial charge < -0.3 is 15.2 Å². The van der Waals surface area contributed by atoms with Crippen LogP contribution in [-0.2, 0) is 17.8 Å². The summed E-state index contributed by atoms with van der Waals surface area (Å²) in [5.41, 5.74) is 9.07. The minimum atomic E-state index is 0.129. The minimum absolute atomic E-state index is 0.129. The van der Waals surface area contributed by atoms with Gasteiger partial charge in [0, 0.05) is 45.0 Å². The summed E-state index contributed by atoms with van der Waals surface area (Å²) in [6, 6.07) is 2.25. The highest BCUT2D eigenvalue weighted by atomic mass is 16.2. The standard InChI is InChI=1S/C15H25N3O/c1-15(2)9-12(16)11-5-7-18(13(11)10-15)8-6-14(19)17(3)4/h5,7,12H,6,8-10,16H2,1-4H3. The van der Waals surface area contributed by atoms with E-state index in [1.165, 1.54) is 11.3 Å². The van der Waals surface area contributed by atoms with Crippen molar-refractivity contribution < 1.29 is 4.79 Å². The molecule has 1 aromatic heterocycles. The van der Waals surface area contributed by atoms with E-state index < -0.39 is 0 Å². The summed E-state index contributed by atoms with van der Waals surface area (Å²) in [7, 11) is 3.60. The normalized spacial score (nSPS) is 21.0. The molecule has 4 heteroatoms. The van der Waals surface area contributed by atoms with Crippen LogP contribution in [0.15, 0.2) is 12.3 Å². The number of aryl methyl sites for hydroxylation is 1. The fourth-order valence-corrected chi connectivity index (χ4v) is 2.94. The van der Waals surface area contributed by atoms with Gasteiger partial charge in [0.2, 0.25) is 5.91 Å². The van der Waals surface area contributed by atoms with Crippen molar-refractivity contribution in [1.82, 2.24) is 9.47 Å². The zero-order chi connectivity index (χ0) is 14.2. The number of amides is 1. The van der Waals surface area contributed by atoms with Gasteiger partial charge in [0.1, 0.15) is 0 Å². The second-order valence-corrected chi connectivity index (χ2v) is 6.60. The minimum Gasteiger partial charge on any atom is -0.351 e. The monoisotopic (exact) mass is 263 g/mol. The molecule has 1 aliphatic carbocycles. The number of nitrogens with zero attached hydrogens (tertiary/aromatic N) is 2. The van der Waals surface area contributed by atoms with Crippen molar-refractivity contribution in [1.29, 1.82) is 0 Å². The van der Waals surface area contributed by atoms with Gasteiger partial charge in [0.05, 0.1) is 0 Å². The lowest BCUT2D eigenvalue weighted by molar-refractivity contribution is -0.128. The molecule has 2 rings (SSSR count). The molecule has 0 bridgehead atoms. The molecule has 0 saturated carbocycles. The average molecular weight is 263 g/mol. The molecule has 0 fully saturated rings. The van der Waals surface area contributed by atoms with Crippen molar-refractivity contribution in [3.63, 3.8) is 0 Å². The Kier molecular flexibility index (Phi) is 3.72. The molecular weight excluding hydrogens is 238 g/mol. The molecule has 1 aliphatic rings. The molecule has 1 atom stereocenters. The van der Waals surface area contributed by atoms with Gasteiger partial charge in [-0.25, -0.2) is 0 Å². The number of carbonyl (C=O) groups is 1. The Labute approximate surface area is 115 Å². The smallest absolute Gasteiger partial charge is 0.223 e. The van der Waals surface area contributed by atoms with Crippen molar-refractivity contribution >= 4 is 5.91 Å². The second kappa shape index (κ2) is 5.00. The maximum absolute atomic E-state index is 11.7. The van der Waals surface area contributed by atoms with Gasteiger partial charge in [0.15, 0.2) is 0 Å². The predicted molar refractivity (Wildman–Crippen MR) is 76.8 cm³/mol. The van der Waals surface area contributed by atoms with E-state index in [2.05, 4.69) is 30.7 Å². The molecule has 106 valence electrons. The SMILES string of the molecule is CN(C)C(=O)CCn1ccc2c1CC(C)(C)CC2N. The number of hydrogen-bond acceptors (Lipinski definition) is 2. The molecule has 1 unspecified atom stereocenters. The third kappa shape index (κ3) is 3.00. The zero-order valence-corrected chi connectivity index (χ0v) is 12.4. The van der Waals surface area contributed by atoms with E-state index in [4.69, 9.17) is 5.73 Å². The highest BCUT2D eigenvalue weighted by Crippen LogP contribution is 2.39. The summed E-state index contributed by atoms with van der Waals surface area (Å²) in [6.45, 7) is 5.27. The average Bonchev–Trinajstić information content (AvgIpc) is 2.67. The fourth-order valence-electron chi connectivity index (χ4n) is 2.94. The summed E-state index contributed by atoms with van der Waals surface area (Å²) in [5, 5.41) is 0. The Morgan fingerprint density at radius 1 is 1.53 bits per heavy atom. The first kappa shape index (κ1) is 14.1. The lowest BCUT2D eigenvalue weighted by atomic mass is 9.74. The summed E-state index contributed by atoms with van der Waals surface area (Å²) in [5.74, 6) is 0.168. The number of hydrogen-bond donors (Lipinski definition) is 1. The third-order valence-corrected chi connectivity index (χ3v) is 4.00. The van der Waals surface area contributed by atoms with E-state index in [1.807, 2.05) is 0 Å². The van der Waals surface area contributed by atoms with E-state index in [-0.39, 0.29) is 17.4 Å². The van der Waals surface area contributed by atoms with Crippen LogP contribution in [0.2, 0.25) is 0 Å². The fraction of sp³-hybridized carbons (Fsp3) is 0.667. The van der Waals surface area contributed by atoms with Crippen LogP contribution < -0.4 is 5.73 Å². The van der Waals surface area contributed by atoms with E-state index in [1.54, 1.807) is 19.0 Å². The highest BCUT2D eigenvalue weighted by molar-refractivity contribution is 5.75. The Morgan fingerprint density at radius 3 is 2.84 bits per heavy atom. The van der Waals surface area contributed by atoms with Gasteiger partial charge in [-0.3, -0.25) is 4.79 Å². The molecule has 1 amide bonds. The van der Waals surface area contributed by atoms with Crippen LogP contribution in [0.3, 0.4) is 0 Å². The van der Waals surface area contributed by atoms with Crippen molar-refractivity contribution in [2.45, 2.75) is 45.7 Å². The Balaban J connectivity index is 2.14. The quantitative estimate of drug-likeness (QED) is 0.906. The van der Waals surface area contributed by atoms with Gasteiger partial charge in [-0.05, 0) is 29.9 Å². The van der Waals surface area contributed by atoms with Crippen LogP contribution in [0.5, 0.6) is 0 Å². The first-order chi connectivity index (χ1) is 8.80. The van der Waals surface area contributed by atoms with Crippen molar-refractivity contribution in [2.24, 2.45) is 11.1 Å². The molecule has 0 radical (unpaired) electrons. The molecule has 0 aliphatic heterocycles. The van der Waals surface area contributed by atoms with Gasteiger partial charge in [-0.15, -0.1) is 0 Å². The summed E-state index contributed by atoms with van der Waals surface area (Å²) >= 11 is 0. The maximum Gasteiger partial charge on any atom is 0.223 e. The number of carbonyl (C=O) groups excluding carboxylic acids is 1. The Morgan fingerprint density at radius 2 is 2.21 bits per heavy atom. The van der Waals surface area contributed by atoms with Crippen LogP contribution in [0.4, 0.5) is 0 Å². The Bertz CT molecular complexity index is 474. The molecule has 0 aromatic carbocycles. The van der Waals surface area contributed by atoms with Gasteiger partial charge in [-0.1, -0.05) is 13.8 Å². The second-order valence-electron chi connectivity index (χ2n) is 6.60. The molecule has 4 nitrogen and oxygen atoms in total. The lowest BCUT2D eigenvalue weighted by Gasteiger charge is -2.34. The molecule has 1 aromatic rings. The number of aromatic nitrogens is 1. The third-order valence-electron chi connectivity index (χ3n) is 4.00. The lowest BCUT2D eigenvalue weighted by Crippen LogP contribution is -2.31. The topological polar surface area (TPSA) is 51.3 Å². The zero-order valence-electron chi connectivity index (χ0n) is 12.4. The van der Waals surface area contributed by atoms with Crippen molar-refractivity contribution in [3.8, 4) is 0 Å². The van der Waals surface area contributed by atoms with Crippen LogP contribution in [-0.4, -0.2) is 29.5 Å². The maximum atomic E-state index is 11.7. The number of nitrogens with two attached hydrogens (primary N) is 1. The van der Waals surface area contributed by atoms with Gasteiger partial charge >= 0.3 is 0 Å². The first-order valence-electron chi connectivity index (χ1n) is 6.94. The van der Waals surface area contributed by atoms with Crippen molar-refractivity contribution in [2.75, 3.05) is 14.1 Å². The molecule has 0 spiro atoms. The van der Waals surface area contributed by atoms with E-state index in [0.29, 0.717) is 6.42 Å². The van der Waals surface area contributed by atoms with E-state index in [9.17, 15) is 4.79 Å². The molecular formula is C15H25N3O. The van der Waals surface area contributed by atoms with Crippen LogP contribution in [0.1, 0.15) is 44.0 Å². The van der Waals surface area contributed by atoms with Gasteiger partial charge in [0.25, 0.3) is 0 Å². The molecule has 2 N–H and O–H groups in total. The van der Waals surface area contributed by atoms with Crippen LogP contribution in [0.25, 0.3) is 0 Å². The molecule has 1 heterocycles. The number of rotatable bonds is 3. The van der Waals surface area contributed by atoms with Crippen molar-refractivity contribution in [3.05, 3.63) is 23.5 Å². The van der Waals surface area contributed by atoms with Gasteiger partial charge in [-0.2, -0.15) is 0 Å². The summed E-state index contributed by atoms with van der Waals surface area (Å²) in [6.07, 6.45) is 4.69.